The molecule has 24 heavy (non-hydrogen) atoms. The molecule has 0 amide bonds. The zero-order valence-corrected chi connectivity index (χ0v) is 15.1. The summed E-state index contributed by atoms with van der Waals surface area (Å²) in [5, 5.41) is 9.04. The van der Waals surface area contributed by atoms with E-state index in [1.54, 1.807) is 39.1 Å². The highest BCUT2D eigenvalue weighted by Crippen LogP contribution is 2.24. The van der Waals surface area contributed by atoms with Crippen LogP contribution in [0.15, 0.2) is 47.6 Å². The fraction of sp³-hybridized carbons (Fsp3) is 0.333. The fourth-order valence-corrected chi connectivity index (χ4v) is 3.24. The molecule has 0 fully saturated rings. The van der Waals surface area contributed by atoms with Crippen LogP contribution >= 0.6 is 0 Å². The highest BCUT2D eigenvalue weighted by Gasteiger charge is 2.31. The van der Waals surface area contributed by atoms with Gasteiger partial charge in [0.2, 0.25) is 0 Å². The van der Waals surface area contributed by atoms with E-state index in [0.717, 1.165) is 11.3 Å². The maximum Gasteiger partial charge on any atom is 0.200 e. The molecule has 6 heteroatoms. The van der Waals surface area contributed by atoms with Crippen molar-refractivity contribution in [3.63, 3.8) is 0 Å². The minimum Gasteiger partial charge on any atom is -0.369 e. The van der Waals surface area contributed by atoms with Crippen LogP contribution in [0.1, 0.15) is 31.9 Å². The van der Waals surface area contributed by atoms with E-state index in [0.29, 0.717) is 12.1 Å². The molecule has 0 saturated carbocycles. The van der Waals surface area contributed by atoms with Gasteiger partial charge in [0.25, 0.3) is 0 Å². The number of nitriles is 1. The predicted octanol–water partition coefficient (Wildman–Crippen LogP) is 3.16. The minimum absolute atomic E-state index is 0.0821. The van der Waals surface area contributed by atoms with Gasteiger partial charge in [-0.1, -0.05) is 12.1 Å². The second-order valence-electron chi connectivity index (χ2n) is 6.64. The number of nitrogens with zero attached hydrogens (tertiary/aromatic N) is 3. The number of rotatable bonds is 4. The fourth-order valence-electron chi connectivity index (χ4n) is 2.18. The quantitative estimate of drug-likeness (QED) is 0.852. The molecule has 1 aromatic carbocycles. The van der Waals surface area contributed by atoms with Gasteiger partial charge in [0.05, 0.1) is 28.3 Å². The first-order valence-electron chi connectivity index (χ1n) is 7.56. The number of benzene rings is 1. The molecular weight excluding hydrogens is 322 g/mol. The molecule has 0 saturated heterocycles. The third kappa shape index (κ3) is 3.74. The van der Waals surface area contributed by atoms with Gasteiger partial charge < -0.3 is 4.90 Å². The van der Waals surface area contributed by atoms with Crippen LogP contribution in [0.2, 0.25) is 0 Å². The zero-order valence-electron chi connectivity index (χ0n) is 14.3. The number of sulfone groups is 1. The van der Waals surface area contributed by atoms with Crippen molar-refractivity contribution in [2.24, 2.45) is 0 Å². The van der Waals surface area contributed by atoms with Crippen molar-refractivity contribution in [2.45, 2.75) is 37.1 Å². The number of hydrogen-bond acceptors (Lipinski definition) is 5. The Balaban J connectivity index is 2.20. The first-order chi connectivity index (χ1) is 11.1. The largest absolute Gasteiger partial charge is 0.369 e. The summed E-state index contributed by atoms with van der Waals surface area (Å²) in [6, 6.07) is 12.8. The molecule has 2 aromatic rings. The lowest BCUT2D eigenvalue weighted by atomic mass is 10.1. The van der Waals surface area contributed by atoms with Crippen molar-refractivity contribution in [2.75, 3.05) is 11.9 Å². The topological polar surface area (TPSA) is 74.1 Å². The Morgan fingerprint density at radius 3 is 2.46 bits per heavy atom. The van der Waals surface area contributed by atoms with Crippen LogP contribution in [0.25, 0.3) is 0 Å². The number of pyridine rings is 1. The average molecular weight is 343 g/mol. The summed E-state index contributed by atoms with van der Waals surface area (Å²) in [5.74, 6) is 0. The molecule has 126 valence electrons. The molecule has 0 atom stereocenters. The molecule has 0 radical (unpaired) electrons. The van der Waals surface area contributed by atoms with Crippen LogP contribution in [0.5, 0.6) is 0 Å². The van der Waals surface area contributed by atoms with Crippen molar-refractivity contribution in [3.8, 4) is 6.07 Å². The van der Waals surface area contributed by atoms with E-state index < -0.39 is 14.6 Å². The minimum atomic E-state index is -3.45. The predicted molar refractivity (Wildman–Crippen MR) is 94.4 cm³/mol. The molecule has 0 bridgehead atoms. The summed E-state index contributed by atoms with van der Waals surface area (Å²) in [6.07, 6.45) is 1.56. The van der Waals surface area contributed by atoms with Crippen LogP contribution in [-0.4, -0.2) is 25.2 Å². The van der Waals surface area contributed by atoms with E-state index in [9.17, 15) is 8.42 Å². The second-order valence-corrected chi connectivity index (χ2v) is 9.29. The third-order valence-corrected chi connectivity index (χ3v) is 6.12. The first-order valence-corrected chi connectivity index (χ1v) is 9.04. The van der Waals surface area contributed by atoms with Gasteiger partial charge in [0.1, 0.15) is 0 Å². The number of hydrogen-bond donors (Lipinski definition) is 0. The van der Waals surface area contributed by atoms with Gasteiger partial charge in [-0.3, -0.25) is 0 Å². The molecule has 0 aliphatic heterocycles. The molecule has 1 heterocycles. The van der Waals surface area contributed by atoms with Gasteiger partial charge in [0.15, 0.2) is 14.9 Å². The maximum absolute atomic E-state index is 12.4. The lowest BCUT2D eigenvalue weighted by Gasteiger charge is -2.21. The Kier molecular flexibility index (Phi) is 4.95. The molecule has 5 nitrogen and oxygen atoms in total. The summed E-state index contributed by atoms with van der Waals surface area (Å²) < 4.78 is 23.9. The Morgan fingerprint density at radius 2 is 1.92 bits per heavy atom. The highest BCUT2D eigenvalue weighted by molar-refractivity contribution is 7.92. The summed E-state index contributed by atoms with van der Waals surface area (Å²) in [4.78, 5) is 6.09. The van der Waals surface area contributed by atoms with Crippen LogP contribution in [0.3, 0.4) is 0 Å². The van der Waals surface area contributed by atoms with E-state index in [2.05, 4.69) is 11.1 Å². The van der Waals surface area contributed by atoms with Crippen LogP contribution in [0, 0.1) is 11.3 Å². The average Bonchev–Trinajstić information content (AvgIpc) is 2.54. The second kappa shape index (κ2) is 6.62. The normalized spacial score (nSPS) is 11.8. The maximum atomic E-state index is 12.4. The van der Waals surface area contributed by atoms with Gasteiger partial charge in [-0.05, 0) is 50.6 Å². The first kappa shape index (κ1) is 18.0. The van der Waals surface area contributed by atoms with Crippen molar-refractivity contribution < 1.29 is 8.42 Å². The van der Waals surface area contributed by atoms with Gasteiger partial charge in [-0.25, -0.2) is 13.4 Å². The Labute approximate surface area is 143 Å². The van der Waals surface area contributed by atoms with Gasteiger partial charge in [0, 0.05) is 13.6 Å². The van der Waals surface area contributed by atoms with Gasteiger partial charge >= 0.3 is 0 Å². The summed E-state index contributed by atoms with van der Waals surface area (Å²) >= 11 is 0. The standard InChI is InChI=1S/C18H21N3O2S/c1-18(2,3)24(22,23)17-9-8-16(12-20-17)21(4)13-15-7-5-6-14(10-15)11-19/h5-10,12H,13H2,1-4H3. The Hall–Kier alpha value is -2.39. The van der Waals surface area contributed by atoms with Crippen molar-refractivity contribution >= 4 is 15.5 Å². The van der Waals surface area contributed by atoms with Crippen molar-refractivity contribution in [3.05, 3.63) is 53.7 Å². The molecule has 0 spiro atoms. The lowest BCUT2D eigenvalue weighted by Crippen LogP contribution is -2.28. The highest BCUT2D eigenvalue weighted by atomic mass is 32.2. The van der Waals surface area contributed by atoms with E-state index in [1.165, 1.54) is 6.07 Å². The SMILES string of the molecule is CN(Cc1cccc(C#N)c1)c1ccc(S(=O)(=O)C(C)(C)C)nc1. The van der Waals surface area contributed by atoms with Crippen LogP contribution in [-0.2, 0) is 16.4 Å². The van der Waals surface area contributed by atoms with E-state index in [-0.39, 0.29) is 5.03 Å². The Bertz CT molecular complexity index is 860. The summed E-state index contributed by atoms with van der Waals surface area (Å²) in [6.45, 7) is 5.58. The molecule has 0 aliphatic carbocycles. The number of aromatic nitrogens is 1. The number of anilines is 1. The van der Waals surface area contributed by atoms with Crippen LogP contribution in [0.4, 0.5) is 5.69 Å². The zero-order chi connectivity index (χ0) is 18.0. The third-order valence-electron chi connectivity index (χ3n) is 3.72. The van der Waals surface area contributed by atoms with E-state index >= 15 is 0 Å². The molecular formula is C18H21N3O2S. The van der Waals surface area contributed by atoms with Crippen molar-refractivity contribution in [1.82, 2.24) is 4.98 Å². The smallest absolute Gasteiger partial charge is 0.200 e. The van der Waals surface area contributed by atoms with Gasteiger partial charge in [-0.15, -0.1) is 0 Å². The van der Waals surface area contributed by atoms with E-state index in [4.69, 9.17) is 5.26 Å². The van der Waals surface area contributed by atoms with Gasteiger partial charge in [-0.2, -0.15) is 5.26 Å². The summed E-state index contributed by atoms with van der Waals surface area (Å²) in [5.41, 5.74) is 2.43. The molecule has 0 unspecified atom stereocenters. The van der Waals surface area contributed by atoms with E-state index in [1.807, 2.05) is 30.1 Å². The van der Waals surface area contributed by atoms with Crippen LogP contribution < -0.4 is 4.90 Å². The molecule has 0 N–H and O–H groups in total. The lowest BCUT2D eigenvalue weighted by molar-refractivity contribution is 0.556. The van der Waals surface area contributed by atoms with Crippen molar-refractivity contribution in [1.29, 1.82) is 5.26 Å². The molecule has 2 rings (SSSR count). The summed E-state index contributed by atoms with van der Waals surface area (Å²) in [7, 11) is -1.56. The monoisotopic (exact) mass is 343 g/mol. The molecule has 1 aromatic heterocycles. The Morgan fingerprint density at radius 1 is 1.21 bits per heavy atom. The molecule has 0 aliphatic rings.